The van der Waals surface area contributed by atoms with Crippen LogP contribution in [0, 0.1) is 6.92 Å². The van der Waals surface area contributed by atoms with Crippen molar-refractivity contribution in [3.05, 3.63) is 35.4 Å². The molecule has 1 aromatic rings. The first-order valence-corrected chi connectivity index (χ1v) is 5.50. The van der Waals surface area contributed by atoms with E-state index in [1.807, 2.05) is 0 Å². The van der Waals surface area contributed by atoms with Crippen molar-refractivity contribution in [2.24, 2.45) is 0 Å². The summed E-state index contributed by atoms with van der Waals surface area (Å²) in [6.45, 7) is 2.08. The van der Waals surface area contributed by atoms with Crippen molar-refractivity contribution < 1.29 is 5.11 Å². The molecule has 0 amide bonds. The fourth-order valence-electron chi connectivity index (χ4n) is 2.29. The highest BCUT2D eigenvalue weighted by atomic mass is 16.3. The van der Waals surface area contributed by atoms with Crippen LogP contribution >= 0.6 is 0 Å². The Labute approximate surface area is 85.8 Å². The fraction of sp³-hybridized carbons (Fsp3) is 0.538. The topological polar surface area (TPSA) is 20.2 Å². The summed E-state index contributed by atoms with van der Waals surface area (Å²) in [6, 6.07) is 8.31. The van der Waals surface area contributed by atoms with Crippen LogP contribution in [0.25, 0.3) is 0 Å². The van der Waals surface area contributed by atoms with Crippen molar-refractivity contribution in [3.63, 3.8) is 0 Å². The molecule has 0 atom stereocenters. The molecule has 1 aliphatic rings. The van der Waals surface area contributed by atoms with Gasteiger partial charge in [0.25, 0.3) is 0 Å². The van der Waals surface area contributed by atoms with E-state index in [1.165, 1.54) is 12.0 Å². The summed E-state index contributed by atoms with van der Waals surface area (Å²) in [5.74, 6) is 0. The number of rotatable bonds is 1. The van der Waals surface area contributed by atoms with Crippen molar-refractivity contribution in [1.29, 1.82) is 0 Å². The summed E-state index contributed by atoms with van der Waals surface area (Å²) in [5, 5.41) is 10.4. The second-order valence-electron chi connectivity index (χ2n) is 4.46. The Balaban J connectivity index is 2.23. The van der Waals surface area contributed by atoms with Gasteiger partial charge in [0, 0.05) is 0 Å². The number of hydrogen-bond acceptors (Lipinski definition) is 1. The number of aryl methyl sites for hydroxylation is 1. The van der Waals surface area contributed by atoms with Gasteiger partial charge in [0.05, 0.1) is 5.60 Å². The van der Waals surface area contributed by atoms with E-state index in [2.05, 4.69) is 31.2 Å². The second-order valence-corrected chi connectivity index (χ2v) is 4.46. The van der Waals surface area contributed by atoms with Gasteiger partial charge in [0.15, 0.2) is 0 Å². The summed E-state index contributed by atoms with van der Waals surface area (Å²) in [6.07, 6.45) is 5.44. The van der Waals surface area contributed by atoms with Crippen molar-refractivity contribution in [2.75, 3.05) is 0 Å². The molecule has 0 heterocycles. The highest BCUT2D eigenvalue weighted by Gasteiger charge is 2.30. The van der Waals surface area contributed by atoms with Crippen LogP contribution in [0.4, 0.5) is 0 Å². The first kappa shape index (κ1) is 9.72. The van der Waals surface area contributed by atoms with Crippen molar-refractivity contribution >= 4 is 0 Å². The van der Waals surface area contributed by atoms with Gasteiger partial charge in [0.1, 0.15) is 0 Å². The van der Waals surface area contributed by atoms with Crippen LogP contribution in [0.3, 0.4) is 0 Å². The van der Waals surface area contributed by atoms with Gasteiger partial charge in [-0.2, -0.15) is 0 Å². The van der Waals surface area contributed by atoms with Gasteiger partial charge in [-0.05, 0) is 25.3 Å². The summed E-state index contributed by atoms with van der Waals surface area (Å²) in [7, 11) is 0. The SMILES string of the molecule is Cc1ccc(C2(O)CCCCC2)cc1. The van der Waals surface area contributed by atoms with Gasteiger partial charge in [-0.15, -0.1) is 0 Å². The number of hydrogen-bond donors (Lipinski definition) is 1. The lowest BCUT2D eigenvalue weighted by molar-refractivity contribution is -0.000630. The third-order valence-electron chi connectivity index (χ3n) is 3.27. The molecule has 1 saturated carbocycles. The van der Waals surface area contributed by atoms with Crippen LogP contribution in [-0.4, -0.2) is 5.11 Å². The minimum atomic E-state index is -0.536. The Kier molecular flexibility index (Phi) is 2.60. The van der Waals surface area contributed by atoms with Gasteiger partial charge < -0.3 is 5.11 Å². The molecule has 1 N–H and O–H groups in total. The van der Waals surface area contributed by atoms with E-state index in [1.54, 1.807) is 0 Å². The molecule has 1 aromatic carbocycles. The van der Waals surface area contributed by atoms with Crippen LogP contribution < -0.4 is 0 Å². The summed E-state index contributed by atoms with van der Waals surface area (Å²) in [5.41, 5.74) is 1.82. The fourth-order valence-corrected chi connectivity index (χ4v) is 2.29. The van der Waals surface area contributed by atoms with Crippen molar-refractivity contribution in [3.8, 4) is 0 Å². The molecule has 1 fully saturated rings. The van der Waals surface area contributed by atoms with Gasteiger partial charge in [0.2, 0.25) is 0 Å². The zero-order chi connectivity index (χ0) is 10.0. The molecule has 0 bridgehead atoms. The van der Waals surface area contributed by atoms with Crippen molar-refractivity contribution in [2.45, 2.75) is 44.6 Å². The Hall–Kier alpha value is -0.820. The molecule has 76 valence electrons. The van der Waals surface area contributed by atoms with Crippen LogP contribution in [-0.2, 0) is 5.60 Å². The average molecular weight is 190 g/mol. The smallest absolute Gasteiger partial charge is 0.0896 e. The Bertz CT molecular complexity index is 294. The van der Waals surface area contributed by atoms with Crippen molar-refractivity contribution in [1.82, 2.24) is 0 Å². The first-order valence-electron chi connectivity index (χ1n) is 5.50. The van der Waals surface area contributed by atoms with Crippen LogP contribution in [0.1, 0.15) is 43.2 Å². The molecule has 1 aliphatic carbocycles. The van der Waals surface area contributed by atoms with E-state index in [-0.39, 0.29) is 0 Å². The van der Waals surface area contributed by atoms with E-state index in [4.69, 9.17) is 0 Å². The highest BCUT2D eigenvalue weighted by Crippen LogP contribution is 2.36. The molecule has 0 aliphatic heterocycles. The summed E-state index contributed by atoms with van der Waals surface area (Å²) < 4.78 is 0. The molecule has 1 nitrogen and oxygen atoms in total. The standard InChI is InChI=1S/C13H18O/c1-11-5-7-12(8-6-11)13(14)9-3-2-4-10-13/h5-8,14H,2-4,9-10H2,1H3. The maximum absolute atomic E-state index is 10.4. The maximum Gasteiger partial charge on any atom is 0.0896 e. The predicted octanol–water partition coefficient (Wildman–Crippen LogP) is 3.15. The Morgan fingerprint density at radius 3 is 2.14 bits per heavy atom. The van der Waals surface area contributed by atoms with Gasteiger partial charge in [-0.1, -0.05) is 49.1 Å². The second kappa shape index (κ2) is 3.74. The molecule has 0 unspecified atom stereocenters. The van der Waals surface area contributed by atoms with Crippen LogP contribution in [0.5, 0.6) is 0 Å². The minimum Gasteiger partial charge on any atom is -0.385 e. The zero-order valence-corrected chi connectivity index (χ0v) is 8.79. The third-order valence-corrected chi connectivity index (χ3v) is 3.27. The summed E-state index contributed by atoms with van der Waals surface area (Å²) >= 11 is 0. The molecule has 1 heteroatoms. The maximum atomic E-state index is 10.4. The van der Waals surface area contributed by atoms with Gasteiger partial charge in [-0.3, -0.25) is 0 Å². The predicted molar refractivity (Wildman–Crippen MR) is 58.2 cm³/mol. The lowest BCUT2D eigenvalue weighted by Crippen LogP contribution is -2.28. The van der Waals surface area contributed by atoms with Gasteiger partial charge in [-0.25, -0.2) is 0 Å². The molecule has 0 radical (unpaired) electrons. The Morgan fingerprint density at radius 2 is 1.57 bits per heavy atom. The van der Waals surface area contributed by atoms with E-state index < -0.39 is 5.60 Å². The average Bonchev–Trinajstić information content (AvgIpc) is 2.19. The van der Waals surface area contributed by atoms with Crippen LogP contribution in [0.2, 0.25) is 0 Å². The zero-order valence-electron chi connectivity index (χ0n) is 8.79. The lowest BCUT2D eigenvalue weighted by atomic mass is 9.79. The molecule has 2 rings (SSSR count). The highest BCUT2D eigenvalue weighted by molar-refractivity contribution is 5.26. The monoisotopic (exact) mass is 190 g/mol. The number of aliphatic hydroxyl groups is 1. The molecular formula is C13H18O. The van der Waals surface area contributed by atoms with Gasteiger partial charge >= 0.3 is 0 Å². The van der Waals surface area contributed by atoms with E-state index in [0.717, 1.165) is 31.2 Å². The molecule has 0 spiro atoms. The lowest BCUT2D eigenvalue weighted by Gasteiger charge is -2.32. The first-order chi connectivity index (χ1) is 6.71. The largest absolute Gasteiger partial charge is 0.385 e. The quantitative estimate of drug-likeness (QED) is 0.721. The Morgan fingerprint density at radius 1 is 1.00 bits per heavy atom. The van der Waals surface area contributed by atoms with Crippen LogP contribution in [0.15, 0.2) is 24.3 Å². The third kappa shape index (κ3) is 1.83. The number of benzene rings is 1. The molecule has 0 saturated heterocycles. The molecule has 14 heavy (non-hydrogen) atoms. The van der Waals surface area contributed by atoms with E-state index in [9.17, 15) is 5.11 Å². The molecular weight excluding hydrogens is 172 g/mol. The normalized spacial score (nSPS) is 20.7. The summed E-state index contributed by atoms with van der Waals surface area (Å²) in [4.78, 5) is 0. The minimum absolute atomic E-state index is 0.536. The molecule has 0 aromatic heterocycles. The van der Waals surface area contributed by atoms with E-state index >= 15 is 0 Å². The van der Waals surface area contributed by atoms with E-state index in [0.29, 0.717) is 0 Å².